The molecule has 202 valence electrons. The fourth-order valence-electron chi connectivity index (χ4n) is 4.51. The molecule has 1 fully saturated rings. The maximum Gasteiger partial charge on any atom is 0.330 e. The van der Waals surface area contributed by atoms with Crippen molar-refractivity contribution < 1.29 is 22.7 Å². The molecule has 1 saturated heterocycles. The molecule has 1 amide bonds. The molecule has 2 aromatic heterocycles. The van der Waals surface area contributed by atoms with E-state index in [4.69, 9.17) is 16.3 Å². The standard InChI is InChI=1S/C27H25ClN4O5S2/c1-3-37-27(34)23-16-31(39(35,36)22-7-5-19-14-21(28)6-4-20(19)15-22)12-13-32(23)26(33)24-17(2)30-25(38-24)18-8-10-29-11-9-18/h4-11,14-15,23H,3,12-13,16H2,1-2H3. The molecule has 3 heterocycles. The van der Waals surface area contributed by atoms with Gasteiger partial charge in [0.25, 0.3) is 5.91 Å². The van der Waals surface area contributed by atoms with E-state index < -0.39 is 22.0 Å². The summed E-state index contributed by atoms with van der Waals surface area (Å²) in [6.07, 6.45) is 3.30. The smallest absolute Gasteiger partial charge is 0.330 e. The Morgan fingerprint density at radius 1 is 1.08 bits per heavy atom. The Hall–Kier alpha value is -3.38. The van der Waals surface area contributed by atoms with E-state index >= 15 is 0 Å². The fourth-order valence-corrected chi connectivity index (χ4v) is 7.19. The van der Waals surface area contributed by atoms with Crippen molar-refractivity contribution in [3.63, 3.8) is 0 Å². The van der Waals surface area contributed by atoms with Gasteiger partial charge in [-0.15, -0.1) is 11.3 Å². The van der Waals surface area contributed by atoms with Crippen LogP contribution in [0.5, 0.6) is 0 Å². The predicted octanol–water partition coefficient (Wildman–Crippen LogP) is 4.40. The number of pyridine rings is 1. The van der Waals surface area contributed by atoms with Gasteiger partial charge in [-0.2, -0.15) is 4.31 Å². The van der Waals surface area contributed by atoms with Crippen LogP contribution in [0, 0.1) is 6.92 Å². The molecule has 0 bridgehead atoms. The third kappa shape index (κ3) is 5.40. The number of hydrogen-bond donors (Lipinski definition) is 0. The molecule has 0 saturated carbocycles. The van der Waals surface area contributed by atoms with Crippen molar-refractivity contribution in [2.75, 3.05) is 26.2 Å². The highest BCUT2D eigenvalue weighted by molar-refractivity contribution is 7.89. The first-order chi connectivity index (χ1) is 18.7. The summed E-state index contributed by atoms with van der Waals surface area (Å²) < 4.78 is 33.7. The molecule has 12 heteroatoms. The number of halogens is 1. The molecule has 4 aromatic rings. The Balaban J connectivity index is 1.43. The zero-order valence-electron chi connectivity index (χ0n) is 21.2. The number of nitrogens with zero attached hydrogens (tertiary/aromatic N) is 4. The maximum absolute atomic E-state index is 13.7. The molecule has 0 spiro atoms. The summed E-state index contributed by atoms with van der Waals surface area (Å²) in [5.74, 6) is -1.04. The van der Waals surface area contributed by atoms with Crippen LogP contribution in [0.25, 0.3) is 21.3 Å². The molecule has 0 aliphatic carbocycles. The lowest BCUT2D eigenvalue weighted by Crippen LogP contribution is -2.59. The number of benzene rings is 2. The second kappa shape index (κ2) is 11.0. The number of carbonyl (C=O) groups is 2. The SMILES string of the molecule is CCOC(=O)C1CN(S(=O)(=O)c2ccc3cc(Cl)ccc3c2)CCN1C(=O)c1sc(-c2ccncc2)nc1C. The molecular formula is C27H25ClN4O5S2. The molecular weight excluding hydrogens is 560 g/mol. The van der Waals surface area contributed by atoms with E-state index in [0.29, 0.717) is 20.6 Å². The highest BCUT2D eigenvalue weighted by Crippen LogP contribution is 2.31. The molecule has 1 aliphatic rings. The van der Waals surface area contributed by atoms with Crippen molar-refractivity contribution in [1.29, 1.82) is 0 Å². The molecule has 2 aromatic carbocycles. The van der Waals surface area contributed by atoms with Crippen LogP contribution in [0.4, 0.5) is 0 Å². The lowest BCUT2D eigenvalue weighted by atomic mass is 10.1. The summed E-state index contributed by atoms with van der Waals surface area (Å²) >= 11 is 7.28. The van der Waals surface area contributed by atoms with Gasteiger partial charge in [0, 0.05) is 42.6 Å². The number of hydrogen-bond acceptors (Lipinski definition) is 8. The number of carbonyl (C=O) groups excluding carboxylic acids is 2. The number of sulfonamides is 1. The third-order valence-electron chi connectivity index (χ3n) is 6.49. The largest absolute Gasteiger partial charge is 0.464 e. The highest BCUT2D eigenvalue weighted by atomic mass is 35.5. The molecule has 1 atom stereocenters. The zero-order valence-corrected chi connectivity index (χ0v) is 23.6. The monoisotopic (exact) mass is 584 g/mol. The van der Waals surface area contributed by atoms with Crippen LogP contribution >= 0.6 is 22.9 Å². The van der Waals surface area contributed by atoms with Crippen LogP contribution in [-0.4, -0.2) is 71.8 Å². The lowest BCUT2D eigenvalue weighted by Gasteiger charge is -2.39. The Labute approximate surface area is 235 Å². The number of thiazole rings is 1. The van der Waals surface area contributed by atoms with Crippen LogP contribution < -0.4 is 0 Å². The summed E-state index contributed by atoms with van der Waals surface area (Å²) in [6, 6.07) is 12.5. The van der Waals surface area contributed by atoms with E-state index in [1.807, 2.05) is 0 Å². The van der Waals surface area contributed by atoms with Gasteiger partial charge in [0.15, 0.2) is 0 Å². The number of esters is 1. The maximum atomic E-state index is 13.7. The van der Waals surface area contributed by atoms with Gasteiger partial charge in [-0.3, -0.25) is 9.78 Å². The van der Waals surface area contributed by atoms with Gasteiger partial charge in [0.2, 0.25) is 10.0 Å². The highest BCUT2D eigenvalue weighted by Gasteiger charge is 2.41. The van der Waals surface area contributed by atoms with Crippen LogP contribution in [0.2, 0.25) is 5.02 Å². The van der Waals surface area contributed by atoms with Crippen molar-refractivity contribution >= 4 is 55.6 Å². The Morgan fingerprint density at radius 2 is 1.79 bits per heavy atom. The van der Waals surface area contributed by atoms with Crippen LogP contribution in [0.15, 0.2) is 65.8 Å². The van der Waals surface area contributed by atoms with Gasteiger partial charge in [-0.05, 0) is 61.0 Å². The van der Waals surface area contributed by atoms with Crippen molar-refractivity contribution in [2.24, 2.45) is 0 Å². The quantitative estimate of drug-likeness (QED) is 0.309. The number of amides is 1. The number of fused-ring (bicyclic) bond motifs is 1. The zero-order chi connectivity index (χ0) is 27.7. The van der Waals surface area contributed by atoms with Gasteiger partial charge in [-0.1, -0.05) is 23.7 Å². The second-order valence-electron chi connectivity index (χ2n) is 8.95. The molecule has 5 rings (SSSR count). The number of aryl methyl sites for hydroxylation is 1. The summed E-state index contributed by atoms with van der Waals surface area (Å²) in [7, 11) is -3.96. The normalized spacial score (nSPS) is 16.4. The number of rotatable bonds is 6. The van der Waals surface area contributed by atoms with Gasteiger partial charge >= 0.3 is 5.97 Å². The molecule has 0 N–H and O–H groups in total. The summed E-state index contributed by atoms with van der Waals surface area (Å²) in [6.45, 7) is 3.33. The minimum Gasteiger partial charge on any atom is -0.464 e. The summed E-state index contributed by atoms with van der Waals surface area (Å²) in [5.41, 5.74) is 1.36. The number of ether oxygens (including phenoxy) is 1. The average Bonchev–Trinajstić information content (AvgIpc) is 3.34. The minimum atomic E-state index is -3.96. The molecule has 1 unspecified atom stereocenters. The fraction of sp³-hybridized carbons (Fsp3) is 0.259. The van der Waals surface area contributed by atoms with Crippen LogP contribution in [-0.2, 0) is 19.6 Å². The van der Waals surface area contributed by atoms with E-state index in [-0.39, 0.29) is 37.0 Å². The average molecular weight is 585 g/mol. The molecule has 9 nitrogen and oxygen atoms in total. The molecule has 1 aliphatic heterocycles. The second-order valence-corrected chi connectivity index (χ2v) is 12.3. The Bertz CT molecular complexity index is 1660. The Morgan fingerprint density at radius 3 is 2.54 bits per heavy atom. The van der Waals surface area contributed by atoms with E-state index in [2.05, 4.69) is 9.97 Å². The van der Waals surface area contributed by atoms with Crippen molar-refractivity contribution in [1.82, 2.24) is 19.2 Å². The molecule has 0 radical (unpaired) electrons. The first-order valence-corrected chi connectivity index (χ1v) is 14.9. The van der Waals surface area contributed by atoms with Crippen LogP contribution in [0.3, 0.4) is 0 Å². The summed E-state index contributed by atoms with van der Waals surface area (Å²) in [4.78, 5) is 37.1. The van der Waals surface area contributed by atoms with Crippen molar-refractivity contribution in [3.8, 4) is 10.6 Å². The number of piperazine rings is 1. The van der Waals surface area contributed by atoms with Gasteiger partial charge < -0.3 is 9.64 Å². The topological polar surface area (TPSA) is 110 Å². The summed E-state index contributed by atoms with van der Waals surface area (Å²) in [5, 5.41) is 2.75. The number of aromatic nitrogens is 2. The lowest BCUT2D eigenvalue weighted by molar-refractivity contribution is -0.149. The van der Waals surface area contributed by atoms with Gasteiger partial charge in [-0.25, -0.2) is 18.2 Å². The van der Waals surface area contributed by atoms with Gasteiger partial charge in [0.05, 0.1) is 17.2 Å². The minimum absolute atomic E-state index is 0.0205. The Kier molecular flexibility index (Phi) is 7.68. The first kappa shape index (κ1) is 27.2. The van der Waals surface area contributed by atoms with Gasteiger partial charge in [0.1, 0.15) is 15.9 Å². The van der Waals surface area contributed by atoms with E-state index in [1.54, 1.807) is 68.7 Å². The van der Waals surface area contributed by atoms with Crippen molar-refractivity contribution in [2.45, 2.75) is 24.8 Å². The van der Waals surface area contributed by atoms with Crippen molar-refractivity contribution in [3.05, 3.63) is 76.5 Å². The van der Waals surface area contributed by atoms with E-state index in [0.717, 1.165) is 16.3 Å². The predicted molar refractivity (Wildman–Crippen MR) is 149 cm³/mol. The van der Waals surface area contributed by atoms with Crippen LogP contribution in [0.1, 0.15) is 22.3 Å². The van der Waals surface area contributed by atoms with E-state index in [9.17, 15) is 18.0 Å². The first-order valence-electron chi connectivity index (χ1n) is 12.2. The van der Waals surface area contributed by atoms with E-state index in [1.165, 1.54) is 26.6 Å². The third-order valence-corrected chi connectivity index (χ3v) is 9.78. The molecule has 39 heavy (non-hydrogen) atoms.